The molecule has 1 aliphatic heterocycles. The Morgan fingerprint density at radius 2 is 2.16 bits per heavy atom. The van der Waals surface area contributed by atoms with Gasteiger partial charge >= 0.3 is 0 Å². The van der Waals surface area contributed by atoms with Crippen molar-refractivity contribution in [1.29, 1.82) is 0 Å². The molecule has 5 heteroatoms. The molecule has 0 bridgehead atoms. The molecule has 0 radical (unpaired) electrons. The summed E-state index contributed by atoms with van der Waals surface area (Å²) in [4.78, 5) is 0. The van der Waals surface area contributed by atoms with E-state index in [1.807, 2.05) is 19.2 Å². The van der Waals surface area contributed by atoms with E-state index in [1.165, 1.54) is 15.6 Å². The van der Waals surface area contributed by atoms with E-state index in [0.717, 1.165) is 6.42 Å². The fourth-order valence-corrected chi connectivity index (χ4v) is 5.81. The van der Waals surface area contributed by atoms with Crippen molar-refractivity contribution < 1.29 is 8.42 Å². The van der Waals surface area contributed by atoms with Crippen molar-refractivity contribution >= 4 is 31.3 Å². The van der Waals surface area contributed by atoms with E-state index < -0.39 is 9.84 Å². The summed E-state index contributed by atoms with van der Waals surface area (Å²) >= 11 is 1.73. The summed E-state index contributed by atoms with van der Waals surface area (Å²) in [5, 5.41) is 6.73. The lowest BCUT2D eigenvalue weighted by atomic mass is 9.92. The van der Waals surface area contributed by atoms with Crippen LogP contribution >= 0.6 is 11.3 Å². The maximum atomic E-state index is 11.7. The highest BCUT2D eigenvalue weighted by Crippen LogP contribution is 2.37. The zero-order chi connectivity index (χ0) is 13.5. The molecular weight excluding hydrogens is 278 g/mol. The van der Waals surface area contributed by atoms with Crippen LogP contribution in [0.4, 0.5) is 0 Å². The Bertz CT molecular complexity index is 690. The molecule has 2 aromatic rings. The van der Waals surface area contributed by atoms with E-state index in [1.54, 1.807) is 11.3 Å². The molecule has 2 atom stereocenters. The Morgan fingerprint density at radius 1 is 1.37 bits per heavy atom. The molecule has 1 saturated heterocycles. The maximum absolute atomic E-state index is 11.7. The van der Waals surface area contributed by atoms with Gasteiger partial charge in [0.1, 0.15) is 0 Å². The summed E-state index contributed by atoms with van der Waals surface area (Å²) < 4.78 is 24.6. The van der Waals surface area contributed by atoms with Crippen LogP contribution in [0.25, 0.3) is 10.1 Å². The molecule has 0 spiro atoms. The molecule has 3 nitrogen and oxygen atoms in total. The average molecular weight is 295 g/mol. The molecule has 0 aliphatic carbocycles. The van der Waals surface area contributed by atoms with Gasteiger partial charge in [-0.25, -0.2) is 8.42 Å². The molecule has 102 valence electrons. The van der Waals surface area contributed by atoms with Crippen molar-refractivity contribution in [3.63, 3.8) is 0 Å². The van der Waals surface area contributed by atoms with Gasteiger partial charge < -0.3 is 5.32 Å². The molecule has 1 aliphatic rings. The summed E-state index contributed by atoms with van der Waals surface area (Å²) in [6.07, 6.45) is 0.762. The average Bonchev–Trinajstić information content (AvgIpc) is 2.95. The van der Waals surface area contributed by atoms with E-state index in [9.17, 15) is 8.42 Å². The van der Waals surface area contributed by atoms with Crippen LogP contribution in [0.1, 0.15) is 18.0 Å². The van der Waals surface area contributed by atoms with Gasteiger partial charge in [0.2, 0.25) is 0 Å². The number of hydrogen-bond acceptors (Lipinski definition) is 4. The van der Waals surface area contributed by atoms with Crippen LogP contribution in [0.3, 0.4) is 0 Å². The minimum Gasteiger partial charge on any atom is -0.313 e. The molecule has 2 unspecified atom stereocenters. The molecule has 1 aromatic carbocycles. The monoisotopic (exact) mass is 295 g/mol. The SMILES string of the molecule is CNC(c1csc2ccccc12)C1CCS(=O)(=O)C1. The number of rotatable bonds is 3. The van der Waals surface area contributed by atoms with Crippen LogP contribution in [0.5, 0.6) is 0 Å². The second kappa shape index (κ2) is 4.89. The van der Waals surface area contributed by atoms with Gasteiger partial charge in [-0.1, -0.05) is 18.2 Å². The lowest BCUT2D eigenvalue weighted by molar-refractivity contribution is 0.422. The van der Waals surface area contributed by atoms with Gasteiger partial charge in [-0.15, -0.1) is 11.3 Å². The van der Waals surface area contributed by atoms with Gasteiger partial charge in [-0.2, -0.15) is 0 Å². The first-order valence-electron chi connectivity index (χ1n) is 6.44. The van der Waals surface area contributed by atoms with Crippen molar-refractivity contribution in [1.82, 2.24) is 5.32 Å². The highest BCUT2D eigenvalue weighted by molar-refractivity contribution is 7.91. The number of nitrogens with one attached hydrogen (secondary N) is 1. The Hall–Kier alpha value is -0.910. The Morgan fingerprint density at radius 3 is 2.84 bits per heavy atom. The molecule has 1 fully saturated rings. The maximum Gasteiger partial charge on any atom is 0.150 e. The number of thiophene rings is 1. The van der Waals surface area contributed by atoms with Gasteiger partial charge in [-0.3, -0.25) is 0 Å². The fraction of sp³-hybridized carbons (Fsp3) is 0.429. The lowest BCUT2D eigenvalue weighted by Crippen LogP contribution is -2.25. The summed E-state index contributed by atoms with van der Waals surface area (Å²) in [5.41, 5.74) is 1.24. The predicted molar refractivity (Wildman–Crippen MR) is 80.4 cm³/mol. The van der Waals surface area contributed by atoms with Crippen LogP contribution in [-0.2, 0) is 9.84 Å². The summed E-state index contributed by atoms with van der Waals surface area (Å²) in [7, 11) is -0.913. The second-order valence-electron chi connectivity index (χ2n) is 5.12. The highest BCUT2D eigenvalue weighted by atomic mass is 32.2. The van der Waals surface area contributed by atoms with Crippen LogP contribution < -0.4 is 5.32 Å². The Balaban J connectivity index is 1.99. The van der Waals surface area contributed by atoms with Crippen molar-refractivity contribution in [2.45, 2.75) is 12.5 Å². The number of benzene rings is 1. The normalized spacial score (nSPS) is 23.7. The predicted octanol–water partition coefficient (Wildman–Crippen LogP) is 2.60. The third-order valence-electron chi connectivity index (χ3n) is 3.90. The highest BCUT2D eigenvalue weighted by Gasteiger charge is 2.34. The van der Waals surface area contributed by atoms with Crippen LogP contribution in [0.2, 0.25) is 0 Å². The van der Waals surface area contributed by atoms with E-state index in [0.29, 0.717) is 11.5 Å². The van der Waals surface area contributed by atoms with Crippen molar-refractivity contribution in [2.75, 3.05) is 18.6 Å². The molecule has 3 rings (SSSR count). The molecule has 0 saturated carbocycles. The van der Waals surface area contributed by atoms with Crippen molar-refractivity contribution in [2.24, 2.45) is 5.92 Å². The van der Waals surface area contributed by atoms with Gasteiger partial charge in [0.05, 0.1) is 11.5 Å². The molecular formula is C14H17NO2S2. The number of fused-ring (bicyclic) bond motifs is 1. The van der Waals surface area contributed by atoms with E-state index in [4.69, 9.17) is 0 Å². The first kappa shape index (κ1) is 13.1. The Labute approximate surface area is 117 Å². The smallest absolute Gasteiger partial charge is 0.150 e. The topological polar surface area (TPSA) is 46.2 Å². The van der Waals surface area contributed by atoms with Crippen LogP contribution in [-0.4, -0.2) is 27.0 Å². The van der Waals surface area contributed by atoms with Crippen LogP contribution in [0, 0.1) is 5.92 Å². The Kier molecular flexibility index (Phi) is 3.37. The first-order valence-corrected chi connectivity index (χ1v) is 9.14. The summed E-state index contributed by atoms with van der Waals surface area (Å²) in [6.45, 7) is 0. The second-order valence-corrected chi connectivity index (χ2v) is 8.26. The quantitative estimate of drug-likeness (QED) is 0.947. The fourth-order valence-electron chi connectivity index (χ4n) is 2.97. The standard InChI is InChI=1S/C14H17NO2S2/c1-15-14(10-6-7-19(16,17)9-10)12-8-18-13-5-3-2-4-11(12)13/h2-5,8,10,14-15H,6-7,9H2,1H3. The minimum atomic E-state index is -2.83. The number of sulfone groups is 1. The molecule has 2 heterocycles. The van der Waals surface area contributed by atoms with E-state index in [-0.39, 0.29) is 12.0 Å². The van der Waals surface area contributed by atoms with E-state index in [2.05, 4.69) is 22.8 Å². The summed E-state index contributed by atoms with van der Waals surface area (Å²) in [5.74, 6) is 0.827. The molecule has 19 heavy (non-hydrogen) atoms. The van der Waals surface area contributed by atoms with Crippen molar-refractivity contribution in [3.05, 3.63) is 35.2 Å². The van der Waals surface area contributed by atoms with Crippen molar-refractivity contribution in [3.8, 4) is 0 Å². The van der Waals surface area contributed by atoms with Gasteiger partial charge in [0, 0.05) is 10.7 Å². The van der Waals surface area contributed by atoms with Gasteiger partial charge in [0.15, 0.2) is 9.84 Å². The zero-order valence-electron chi connectivity index (χ0n) is 10.8. The summed E-state index contributed by atoms with van der Waals surface area (Å²) in [6, 6.07) is 8.44. The van der Waals surface area contributed by atoms with E-state index >= 15 is 0 Å². The first-order chi connectivity index (χ1) is 9.11. The van der Waals surface area contributed by atoms with Gasteiger partial charge in [0.25, 0.3) is 0 Å². The van der Waals surface area contributed by atoms with Crippen LogP contribution in [0.15, 0.2) is 29.6 Å². The molecule has 0 amide bonds. The largest absolute Gasteiger partial charge is 0.313 e. The lowest BCUT2D eigenvalue weighted by Gasteiger charge is -2.21. The van der Waals surface area contributed by atoms with Gasteiger partial charge in [-0.05, 0) is 41.8 Å². The molecule has 1 N–H and O–H groups in total. The zero-order valence-corrected chi connectivity index (χ0v) is 12.4. The third-order valence-corrected chi connectivity index (χ3v) is 6.67. The molecule has 1 aromatic heterocycles. The minimum absolute atomic E-state index is 0.133. The third kappa shape index (κ3) is 2.42. The number of hydrogen-bond donors (Lipinski definition) is 1.